The number of hydrogen-bond acceptors (Lipinski definition) is 7. The third kappa shape index (κ3) is 5.20. The van der Waals surface area contributed by atoms with Crippen LogP contribution >= 0.6 is 0 Å². The Hall–Kier alpha value is -3.85. The first-order valence-corrected chi connectivity index (χ1v) is 9.34. The number of carbonyl (C=O) groups excluding carboxylic acids is 2. The van der Waals surface area contributed by atoms with Gasteiger partial charge in [-0.1, -0.05) is 12.1 Å². The van der Waals surface area contributed by atoms with Crippen molar-refractivity contribution in [1.29, 1.82) is 0 Å². The molecule has 1 aliphatic heterocycles. The topological polar surface area (TPSA) is 131 Å². The number of carboxylic acids is 1. The van der Waals surface area contributed by atoms with E-state index >= 15 is 0 Å². The standard InChI is InChI=1S/C22H21NO8/c1-12(24)20(22(27)28)23-19(25)11-30-15-7-8-16-17(10-15)31-18(21(16)26)9-13-3-5-14(29-2)6-4-13/h3-10,12,20,24H,11H2,1-2H3,(H,23,25)(H,27,28)/t12-,20-/m0/s1. The summed E-state index contributed by atoms with van der Waals surface area (Å²) in [5.41, 5.74) is 1.12. The van der Waals surface area contributed by atoms with E-state index in [2.05, 4.69) is 5.32 Å². The number of Topliss-reactive ketones (excluding diaryl/α,β-unsaturated/α-hetero) is 1. The first-order chi connectivity index (χ1) is 14.8. The predicted octanol–water partition coefficient (Wildman–Crippen LogP) is 1.64. The number of ketones is 1. The van der Waals surface area contributed by atoms with E-state index in [9.17, 15) is 19.5 Å². The summed E-state index contributed by atoms with van der Waals surface area (Å²) in [6.07, 6.45) is 0.342. The Balaban J connectivity index is 1.65. The smallest absolute Gasteiger partial charge is 0.328 e. The molecule has 1 heterocycles. The van der Waals surface area contributed by atoms with E-state index in [4.69, 9.17) is 19.3 Å². The van der Waals surface area contributed by atoms with Crippen LogP contribution in [0.15, 0.2) is 48.2 Å². The quantitative estimate of drug-likeness (QED) is 0.542. The number of carbonyl (C=O) groups is 3. The molecule has 3 rings (SSSR count). The molecule has 0 aromatic heterocycles. The summed E-state index contributed by atoms with van der Waals surface area (Å²) in [5, 5.41) is 20.6. The number of aliphatic hydroxyl groups excluding tert-OH is 1. The van der Waals surface area contributed by atoms with Crippen LogP contribution in [0.3, 0.4) is 0 Å². The van der Waals surface area contributed by atoms with Gasteiger partial charge < -0.3 is 29.7 Å². The average molecular weight is 427 g/mol. The maximum absolute atomic E-state index is 12.5. The van der Waals surface area contributed by atoms with Crippen molar-refractivity contribution in [3.63, 3.8) is 0 Å². The van der Waals surface area contributed by atoms with Crippen molar-refractivity contribution in [2.75, 3.05) is 13.7 Å². The molecule has 0 aliphatic carbocycles. The van der Waals surface area contributed by atoms with E-state index in [1.807, 2.05) is 0 Å². The van der Waals surface area contributed by atoms with E-state index in [1.54, 1.807) is 37.5 Å². The molecule has 1 aliphatic rings. The van der Waals surface area contributed by atoms with E-state index in [0.29, 0.717) is 11.3 Å². The van der Waals surface area contributed by atoms with Crippen molar-refractivity contribution in [3.8, 4) is 17.2 Å². The molecular weight excluding hydrogens is 406 g/mol. The lowest BCUT2D eigenvalue weighted by molar-refractivity contribution is -0.145. The van der Waals surface area contributed by atoms with Crippen molar-refractivity contribution in [2.24, 2.45) is 0 Å². The van der Waals surface area contributed by atoms with E-state index < -0.39 is 30.6 Å². The lowest BCUT2D eigenvalue weighted by Gasteiger charge is -2.17. The van der Waals surface area contributed by atoms with Gasteiger partial charge in [-0.2, -0.15) is 0 Å². The van der Waals surface area contributed by atoms with Crippen molar-refractivity contribution >= 4 is 23.7 Å². The fourth-order valence-corrected chi connectivity index (χ4v) is 2.86. The molecular formula is C22H21NO8. The molecule has 2 aromatic rings. The van der Waals surface area contributed by atoms with Gasteiger partial charge >= 0.3 is 5.97 Å². The van der Waals surface area contributed by atoms with Crippen molar-refractivity contribution in [1.82, 2.24) is 5.32 Å². The zero-order valence-corrected chi connectivity index (χ0v) is 16.8. The molecule has 0 fully saturated rings. The minimum absolute atomic E-state index is 0.149. The molecule has 162 valence electrons. The van der Waals surface area contributed by atoms with Crippen molar-refractivity contribution < 1.29 is 38.8 Å². The van der Waals surface area contributed by atoms with Crippen LogP contribution < -0.4 is 19.5 Å². The summed E-state index contributed by atoms with van der Waals surface area (Å²) in [4.78, 5) is 35.5. The van der Waals surface area contributed by atoms with Crippen LogP contribution in [-0.2, 0) is 9.59 Å². The molecule has 0 unspecified atom stereocenters. The third-order valence-corrected chi connectivity index (χ3v) is 4.49. The van der Waals surface area contributed by atoms with Gasteiger partial charge in [0.05, 0.1) is 18.8 Å². The molecule has 0 saturated carbocycles. The largest absolute Gasteiger partial charge is 0.497 e. The highest BCUT2D eigenvalue weighted by Gasteiger charge is 2.28. The number of amides is 1. The zero-order chi connectivity index (χ0) is 22.5. The first-order valence-electron chi connectivity index (χ1n) is 9.34. The summed E-state index contributed by atoms with van der Waals surface area (Å²) in [7, 11) is 1.56. The Labute approximate surface area is 177 Å². The molecule has 9 heteroatoms. The van der Waals surface area contributed by atoms with Gasteiger partial charge in [-0.15, -0.1) is 0 Å². The van der Waals surface area contributed by atoms with Crippen molar-refractivity contribution in [2.45, 2.75) is 19.1 Å². The zero-order valence-electron chi connectivity index (χ0n) is 16.8. The minimum Gasteiger partial charge on any atom is -0.497 e. The molecule has 2 atom stereocenters. The Morgan fingerprint density at radius 3 is 2.45 bits per heavy atom. The number of aliphatic hydroxyl groups is 1. The van der Waals surface area contributed by atoms with Gasteiger partial charge in [-0.25, -0.2) is 4.79 Å². The number of hydrogen-bond donors (Lipinski definition) is 3. The summed E-state index contributed by atoms with van der Waals surface area (Å²) in [6.45, 7) is 0.781. The fraction of sp³-hybridized carbons (Fsp3) is 0.227. The van der Waals surface area contributed by atoms with Crippen LogP contribution in [0.5, 0.6) is 17.2 Å². The number of fused-ring (bicyclic) bond motifs is 1. The Morgan fingerprint density at radius 2 is 1.84 bits per heavy atom. The van der Waals surface area contributed by atoms with Gasteiger partial charge in [-0.05, 0) is 42.8 Å². The normalized spacial score (nSPS) is 15.6. The number of methoxy groups -OCH3 is 1. The fourth-order valence-electron chi connectivity index (χ4n) is 2.86. The number of nitrogens with one attached hydrogen (secondary N) is 1. The predicted molar refractivity (Wildman–Crippen MR) is 109 cm³/mol. The first kappa shape index (κ1) is 21.8. The second-order valence-electron chi connectivity index (χ2n) is 6.78. The van der Waals surface area contributed by atoms with Gasteiger partial charge in [0.15, 0.2) is 18.4 Å². The maximum Gasteiger partial charge on any atom is 0.328 e. The molecule has 1 amide bonds. The second kappa shape index (κ2) is 9.31. The van der Waals surface area contributed by atoms with Gasteiger partial charge in [0.1, 0.15) is 17.2 Å². The van der Waals surface area contributed by atoms with Crippen LogP contribution in [-0.4, -0.2) is 53.7 Å². The van der Waals surface area contributed by atoms with E-state index in [-0.39, 0.29) is 23.0 Å². The Bertz CT molecular complexity index is 1030. The van der Waals surface area contributed by atoms with Crippen LogP contribution in [0.25, 0.3) is 6.08 Å². The lowest BCUT2D eigenvalue weighted by Crippen LogP contribution is -2.49. The van der Waals surface area contributed by atoms with Crippen molar-refractivity contribution in [3.05, 3.63) is 59.4 Å². The number of benzene rings is 2. The summed E-state index contributed by atoms with van der Waals surface area (Å²) < 4.78 is 16.1. The van der Waals surface area contributed by atoms with E-state index in [0.717, 1.165) is 5.56 Å². The monoisotopic (exact) mass is 427 g/mol. The van der Waals surface area contributed by atoms with E-state index in [1.165, 1.54) is 25.1 Å². The van der Waals surface area contributed by atoms with Gasteiger partial charge in [0.2, 0.25) is 5.78 Å². The van der Waals surface area contributed by atoms with Crippen LogP contribution in [0.4, 0.5) is 0 Å². The molecule has 0 saturated heterocycles. The molecule has 2 aromatic carbocycles. The van der Waals surface area contributed by atoms with Crippen LogP contribution in [0, 0.1) is 0 Å². The van der Waals surface area contributed by atoms with Crippen LogP contribution in [0.2, 0.25) is 0 Å². The highest BCUT2D eigenvalue weighted by atomic mass is 16.5. The summed E-state index contributed by atoms with van der Waals surface area (Å²) in [6, 6.07) is 10.2. The average Bonchev–Trinajstić information content (AvgIpc) is 3.05. The number of carboxylic acid groups (broad SMARTS) is 1. The molecule has 9 nitrogen and oxygen atoms in total. The number of allylic oxidation sites excluding steroid dienone is 1. The SMILES string of the molecule is COc1ccc(C=C2Oc3cc(OCC(=O)N[C@H](C(=O)O)[C@H](C)O)ccc3C2=O)cc1. The Morgan fingerprint density at radius 1 is 1.16 bits per heavy atom. The maximum atomic E-state index is 12.5. The highest BCUT2D eigenvalue weighted by molar-refractivity contribution is 6.14. The second-order valence-corrected chi connectivity index (χ2v) is 6.78. The number of ether oxygens (including phenoxy) is 3. The highest BCUT2D eigenvalue weighted by Crippen LogP contribution is 2.35. The molecule has 3 N–H and O–H groups in total. The number of aliphatic carboxylic acids is 1. The molecule has 31 heavy (non-hydrogen) atoms. The number of rotatable bonds is 8. The van der Waals surface area contributed by atoms with Gasteiger partial charge in [-0.3, -0.25) is 9.59 Å². The molecule has 0 radical (unpaired) electrons. The minimum atomic E-state index is -1.44. The van der Waals surface area contributed by atoms with Crippen LogP contribution in [0.1, 0.15) is 22.8 Å². The third-order valence-electron chi connectivity index (χ3n) is 4.49. The molecule has 0 bridgehead atoms. The summed E-state index contributed by atoms with van der Waals surface area (Å²) >= 11 is 0. The summed E-state index contributed by atoms with van der Waals surface area (Å²) in [5.74, 6) is -0.966. The molecule has 0 spiro atoms. The Kier molecular flexibility index (Phi) is 6.56. The van der Waals surface area contributed by atoms with Gasteiger partial charge in [0.25, 0.3) is 5.91 Å². The van der Waals surface area contributed by atoms with Gasteiger partial charge in [0, 0.05) is 6.07 Å². The lowest BCUT2D eigenvalue weighted by atomic mass is 10.1.